The van der Waals surface area contributed by atoms with Gasteiger partial charge in [-0.25, -0.2) is 0 Å². The molecule has 0 aromatic carbocycles. The molecular weight excluding hydrogens is 120 g/mol. The lowest BCUT2D eigenvalue weighted by Gasteiger charge is -2.07. The zero-order valence-electron chi connectivity index (χ0n) is 7.48. The third kappa shape index (κ3) is 4.60. The molecule has 0 aliphatic rings. The van der Waals surface area contributed by atoms with Gasteiger partial charge < -0.3 is 0 Å². The highest BCUT2D eigenvalue weighted by Gasteiger charge is 1.97. The molecule has 10 heavy (non-hydrogen) atoms. The van der Waals surface area contributed by atoms with Crippen LogP contribution in [0.2, 0.25) is 0 Å². The summed E-state index contributed by atoms with van der Waals surface area (Å²) in [7, 11) is 0. The first kappa shape index (κ1) is 9.74. The summed E-state index contributed by atoms with van der Waals surface area (Å²) in [6.07, 6.45) is 5.67. The minimum atomic E-state index is 0.836. The van der Waals surface area contributed by atoms with Crippen LogP contribution in [-0.4, -0.2) is 0 Å². The molecule has 0 aliphatic heterocycles. The molecule has 0 heterocycles. The third-order valence-electron chi connectivity index (χ3n) is 1.86. The SMILES string of the molecule is [CH2]C/C=C(\C)CC(C)CC. The summed E-state index contributed by atoms with van der Waals surface area (Å²) < 4.78 is 0. The summed E-state index contributed by atoms with van der Waals surface area (Å²) in [5.41, 5.74) is 1.49. The van der Waals surface area contributed by atoms with Gasteiger partial charge in [0.25, 0.3) is 0 Å². The van der Waals surface area contributed by atoms with Crippen molar-refractivity contribution < 1.29 is 0 Å². The lowest BCUT2D eigenvalue weighted by molar-refractivity contribution is 0.556. The first-order chi connectivity index (χ1) is 4.70. The van der Waals surface area contributed by atoms with Crippen molar-refractivity contribution in [1.29, 1.82) is 0 Å². The Labute approximate surface area is 65.3 Å². The quantitative estimate of drug-likeness (QED) is 0.522. The van der Waals surface area contributed by atoms with Crippen molar-refractivity contribution in [3.63, 3.8) is 0 Å². The topological polar surface area (TPSA) is 0 Å². The van der Waals surface area contributed by atoms with Crippen molar-refractivity contribution in [3.8, 4) is 0 Å². The first-order valence-corrected chi connectivity index (χ1v) is 4.15. The second-order valence-electron chi connectivity index (χ2n) is 3.06. The molecule has 0 aliphatic carbocycles. The van der Waals surface area contributed by atoms with Gasteiger partial charge in [-0.1, -0.05) is 31.9 Å². The van der Waals surface area contributed by atoms with Crippen LogP contribution in [0.3, 0.4) is 0 Å². The summed E-state index contributed by atoms with van der Waals surface area (Å²) in [5.74, 6) is 0.836. The van der Waals surface area contributed by atoms with Crippen LogP contribution in [0.25, 0.3) is 0 Å². The molecule has 1 unspecified atom stereocenters. The van der Waals surface area contributed by atoms with Crippen LogP contribution in [0, 0.1) is 12.8 Å². The summed E-state index contributed by atoms with van der Waals surface area (Å²) in [6.45, 7) is 10.5. The van der Waals surface area contributed by atoms with Gasteiger partial charge in [-0.05, 0) is 32.6 Å². The zero-order valence-corrected chi connectivity index (χ0v) is 7.48. The third-order valence-corrected chi connectivity index (χ3v) is 1.86. The molecule has 0 amide bonds. The lowest BCUT2D eigenvalue weighted by Crippen LogP contribution is -1.92. The van der Waals surface area contributed by atoms with Gasteiger partial charge in [-0.3, -0.25) is 0 Å². The Kier molecular flexibility index (Phi) is 5.38. The predicted molar refractivity (Wildman–Crippen MR) is 47.8 cm³/mol. The molecule has 0 aromatic rings. The van der Waals surface area contributed by atoms with Crippen LogP contribution in [0.1, 0.15) is 40.0 Å². The Bertz CT molecular complexity index is 101. The molecule has 0 bridgehead atoms. The van der Waals surface area contributed by atoms with Gasteiger partial charge in [0, 0.05) is 0 Å². The van der Waals surface area contributed by atoms with E-state index in [4.69, 9.17) is 0 Å². The standard InChI is InChI=1S/C10H19/c1-5-7-10(4)8-9(3)6-2/h7,9H,1,5-6,8H2,2-4H3/b10-7+. The fourth-order valence-electron chi connectivity index (χ4n) is 1.02. The summed E-state index contributed by atoms with van der Waals surface area (Å²) in [6, 6.07) is 0. The predicted octanol–water partition coefficient (Wildman–Crippen LogP) is 3.59. The molecule has 0 spiro atoms. The van der Waals surface area contributed by atoms with E-state index in [1.807, 2.05) is 0 Å². The average Bonchev–Trinajstić information content (AvgIpc) is 1.88. The molecule has 1 atom stereocenters. The molecule has 0 fully saturated rings. The van der Waals surface area contributed by atoms with Gasteiger partial charge in [-0.2, -0.15) is 0 Å². The highest BCUT2D eigenvalue weighted by Crippen LogP contribution is 2.13. The summed E-state index contributed by atoms with van der Waals surface area (Å²) in [5, 5.41) is 0. The van der Waals surface area contributed by atoms with Crippen molar-refractivity contribution in [3.05, 3.63) is 18.6 Å². The van der Waals surface area contributed by atoms with Gasteiger partial charge in [0.2, 0.25) is 0 Å². The Morgan fingerprint density at radius 3 is 2.60 bits per heavy atom. The smallest absolute Gasteiger partial charge is 0.0297 e. The van der Waals surface area contributed by atoms with Gasteiger partial charge in [0.1, 0.15) is 0 Å². The fraction of sp³-hybridized carbons (Fsp3) is 0.700. The van der Waals surface area contributed by atoms with Crippen LogP contribution >= 0.6 is 0 Å². The number of rotatable bonds is 4. The molecule has 0 heteroatoms. The summed E-state index contributed by atoms with van der Waals surface area (Å²) >= 11 is 0. The Hall–Kier alpha value is -0.260. The van der Waals surface area contributed by atoms with Crippen molar-refractivity contribution in [2.75, 3.05) is 0 Å². The molecule has 0 saturated carbocycles. The number of allylic oxidation sites excluding steroid dienone is 2. The molecule has 0 N–H and O–H groups in total. The molecule has 0 saturated heterocycles. The van der Waals surface area contributed by atoms with E-state index >= 15 is 0 Å². The van der Waals surface area contributed by atoms with E-state index in [9.17, 15) is 0 Å². The molecule has 59 valence electrons. The van der Waals surface area contributed by atoms with Gasteiger partial charge in [0.15, 0.2) is 0 Å². The molecule has 0 aromatic heterocycles. The number of hydrogen-bond donors (Lipinski definition) is 0. The first-order valence-electron chi connectivity index (χ1n) is 4.15. The molecular formula is C10H19. The minimum absolute atomic E-state index is 0.836. The van der Waals surface area contributed by atoms with E-state index in [1.165, 1.54) is 18.4 Å². The maximum atomic E-state index is 3.78. The van der Waals surface area contributed by atoms with Crippen molar-refractivity contribution in [2.24, 2.45) is 5.92 Å². The second-order valence-corrected chi connectivity index (χ2v) is 3.06. The lowest BCUT2D eigenvalue weighted by atomic mass is 9.99. The van der Waals surface area contributed by atoms with E-state index in [0.29, 0.717) is 0 Å². The molecule has 0 rings (SSSR count). The van der Waals surface area contributed by atoms with Crippen LogP contribution in [0.15, 0.2) is 11.6 Å². The Balaban J connectivity index is 3.56. The average molecular weight is 139 g/mol. The Morgan fingerprint density at radius 2 is 2.20 bits per heavy atom. The maximum absolute atomic E-state index is 3.78. The van der Waals surface area contributed by atoms with E-state index in [2.05, 4.69) is 33.8 Å². The van der Waals surface area contributed by atoms with Gasteiger partial charge in [-0.15, -0.1) is 0 Å². The zero-order chi connectivity index (χ0) is 7.98. The Morgan fingerprint density at radius 1 is 1.60 bits per heavy atom. The van der Waals surface area contributed by atoms with Gasteiger partial charge >= 0.3 is 0 Å². The number of hydrogen-bond acceptors (Lipinski definition) is 0. The van der Waals surface area contributed by atoms with Crippen LogP contribution in [-0.2, 0) is 0 Å². The van der Waals surface area contributed by atoms with Crippen LogP contribution < -0.4 is 0 Å². The van der Waals surface area contributed by atoms with Crippen molar-refractivity contribution in [2.45, 2.75) is 40.0 Å². The van der Waals surface area contributed by atoms with Gasteiger partial charge in [0.05, 0.1) is 0 Å². The second kappa shape index (κ2) is 5.52. The largest absolute Gasteiger partial charge is 0.0856 e. The van der Waals surface area contributed by atoms with Crippen LogP contribution in [0.5, 0.6) is 0 Å². The minimum Gasteiger partial charge on any atom is -0.0856 e. The van der Waals surface area contributed by atoms with Crippen molar-refractivity contribution >= 4 is 0 Å². The highest BCUT2D eigenvalue weighted by atomic mass is 14.0. The van der Waals surface area contributed by atoms with E-state index in [-0.39, 0.29) is 0 Å². The molecule has 0 nitrogen and oxygen atoms in total. The van der Waals surface area contributed by atoms with Crippen molar-refractivity contribution in [1.82, 2.24) is 0 Å². The van der Waals surface area contributed by atoms with E-state index < -0.39 is 0 Å². The normalized spacial score (nSPS) is 15.4. The van der Waals surface area contributed by atoms with E-state index in [1.54, 1.807) is 0 Å². The van der Waals surface area contributed by atoms with E-state index in [0.717, 1.165) is 12.3 Å². The van der Waals surface area contributed by atoms with Crippen LogP contribution in [0.4, 0.5) is 0 Å². The molecule has 1 radical (unpaired) electrons. The maximum Gasteiger partial charge on any atom is -0.0297 e. The fourth-order valence-corrected chi connectivity index (χ4v) is 1.02. The monoisotopic (exact) mass is 139 g/mol. The highest BCUT2D eigenvalue weighted by molar-refractivity contribution is 4.98. The summed E-state index contributed by atoms with van der Waals surface area (Å²) in [4.78, 5) is 0.